The SMILES string of the molecule is FC(F)(F)c1ccc(N2CCC(OC3=CN(C4CCNCC4)CC=N3)CC2)cc1. The first-order valence-electron chi connectivity index (χ1n) is 10.3. The Labute approximate surface area is 169 Å². The van der Waals surface area contributed by atoms with Crippen LogP contribution in [0.3, 0.4) is 0 Å². The molecule has 5 nitrogen and oxygen atoms in total. The molecule has 0 saturated carbocycles. The molecule has 1 N–H and O–H groups in total. The summed E-state index contributed by atoms with van der Waals surface area (Å²) < 4.78 is 44.3. The Morgan fingerprint density at radius 3 is 2.34 bits per heavy atom. The van der Waals surface area contributed by atoms with E-state index in [9.17, 15) is 13.2 Å². The van der Waals surface area contributed by atoms with Crippen molar-refractivity contribution >= 4 is 11.9 Å². The number of halogens is 3. The summed E-state index contributed by atoms with van der Waals surface area (Å²) in [6.45, 7) is 4.43. The van der Waals surface area contributed by atoms with E-state index in [1.165, 1.54) is 0 Å². The van der Waals surface area contributed by atoms with Gasteiger partial charge in [0.15, 0.2) is 0 Å². The highest BCUT2D eigenvalue weighted by atomic mass is 19.4. The first-order chi connectivity index (χ1) is 14.0. The van der Waals surface area contributed by atoms with Crippen LogP contribution >= 0.6 is 0 Å². The Morgan fingerprint density at radius 2 is 1.69 bits per heavy atom. The first kappa shape index (κ1) is 20.1. The molecule has 0 aliphatic carbocycles. The largest absolute Gasteiger partial charge is 0.473 e. The highest BCUT2D eigenvalue weighted by Crippen LogP contribution is 2.31. The Bertz CT molecular complexity index is 733. The molecule has 0 aromatic heterocycles. The zero-order chi connectivity index (χ0) is 20.3. The molecule has 3 aliphatic rings. The molecule has 0 spiro atoms. The first-order valence-corrected chi connectivity index (χ1v) is 10.3. The fraction of sp³-hybridized carbons (Fsp3) is 0.571. The molecule has 8 heteroatoms. The fourth-order valence-electron chi connectivity index (χ4n) is 4.17. The van der Waals surface area contributed by atoms with Crippen LogP contribution in [0.4, 0.5) is 18.9 Å². The van der Waals surface area contributed by atoms with Gasteiger partial charge in [-0.15, -0.1) is 0 Å². The van der Waals surface area contributed by atoms with Gasteiger partial charge in [0.25, 0.3) is 0 Å². The van der Waals surface area contributed by atoms with Crippen molar-refractivity contribution in [3.63, 3.8) is 0 Å². The van der Waals surface area contributed by atoms with Gasteiger partial charge < -0.3 is 19.9 Å². The lowest BCUT2D eigenvalue weighted by Gasteiger charge is -2.36. The average Bonchev–Trinajstić information content (AvgIpc) is 2.75. The van der Waals surface area contributed by atoms with E-state index in [0.717, 1.165) is 76.2 Å². The molecule has 4 rings (SSSR count). The normalized spacial score (nSPS) is 22.0. The number of nitrogens with zero attached hydrogens (tertiary/aromatic N) is 3. The van der Waals surface area contributed by atoms with Crippen molar-refractivity contribution in [3.8, 4) is 0 Å². The third kappa shape index (κ3) is 5.04. The summed E-state index contributed by atoms with van der Waals surface area (Å²) in [7, 11) is 0. The minimum Gasteiger partial charge on any atom is -0.473 e. The van der Waals surface area contributed by atoms with Gasteiger partial charge >= 0.3 is 6.18 Å². The van der Waals surface area contributed by atoms with Crippen molar-refractivity contribution in [2.75, 3.05) is 37.6 Å². The van der Waals surface area contributed by atoms with Gasteiger partial charge in [-0.05, 0) is 50.2 Å². The summed E-state index contributed by atoms with van der Waals surface area (Å²) in [5.74, 6) is 0.669. The lowest BCUT2D eigenvalue weighted by molar-refractivity contribution is -0.137. The van der Waals surface area contributed by atoms with Crippen LogP contribution < -0.4 is 10.2 Å². The second-order valence-electron chi connectivity index (χ2n) is 7.81. The fourth-order valence-corrected chi connectivity index (χ4v) is 4.17. The Hall–Kier alpha value is -2.22. The monoisotopic (exact) mass is 408 g/mol. The minimum atomic E-state index is -4.30. The van der Waals surface area contributed by atoms with E-state index in [1.807, 2.05) is 12.4 Å². The lowest BCUT2D eigenvalue weighted by Crippen LogP contribution is -2.42. The van der Waals surface area contributed by atoms with Crippen molar-refractivity contribution < 1.29 is 17.9 Å². The number of rotatable bonds is 4. The molecule has 0 atom stereocenters. The van der Waals surface area contributed by atoms with Gasteiger partial charge in [-0.2, -0.15) is 13.2 Å². The summed E-state index contributed by atoms with van der Waals surface area (Å²) in [6, 6.07) is 5.93. The highest BCUT2D eigenvalue weighted by Gasteiger charge is 2.30. The van der Waals surface area contributed by atoms with Crippen LogP contribution in [0, 0.1) is 0 Å². The predicted molar refractivity (Wildman–Crippen MR) is 107 cm³/mol. The number of piperidine rings is 2. The number of aliphatic imine (C=N–C) groups is 1. The highest BCUT2D eigenvalue weighted by molar-refractivity contribution is 5.62. The topological polar surface area (TPSA) is 40.1 Å². The molecule has 29 heavy (non-hydrogen) atoms. The maximum Gasteiger partial charge on any atom is 0.416 e. The molecular weight excluding hydrogens is 381 g/mol. The number of ether oxygens (including phenoxy) is 1. The minimum absolute atomic E-state index is 0.0806. The molecule has 3 heterocycles. The lowest BCUT2D eigenvalue weighted by atomic mass is 10.1. The molecular formula is C21H27F3N4O. The quantitative estimate of drug-likeness (QED) is 0.826. The molecule has 0 bridgehead atoms. The van der Waals surface area contributed by atoms with Crippen LogP contribution in [0.5, 0.6) is 0 Å². The summed E-state index contributed by atoms with van der Waals surface area (Å²) in [6.07, 6.45) is 3.63. The van der Waals surface area contributed by atoms with Gasteiger partial charge in [-0.3, -0.25) is 0 Å². The van der Waals surface area contributed by atoms with Crippen molar-refractivity contribution in [2.45, 2.75) is 44.0 Å². The van der Waals surface area contributed by atoms with Crippen molar-refractivity contribution in [3.05, 3.63) is 41.9 Å². The van der Waals surface area contributed by atoms with Gasteiger partial charge in [0.2, 0.25) is 5.88 Å². The van der Waals surface area contributed by atoms with E-state index in [0.29, 0.717) is 11.9 Å². The molecule has 158 valence electrons. The second-order valence-corrected chi connectivity index (χ2v) is 7.81. The van der Waals surface area contributed by atoms with Crippen LogP contribution in [-0.4, -0.2) is 56.0 Å². The van der Waals surface area contributed by atoms with E-state index in [-0.39, 0.29) is 6.10 Å². The Kier molecular flexibility index (Phi) is 5.99. The third-order valence-electron chi connectivity index (χ3n) is 5.85. The summed E-state index contributed by atoms with van der Waals surface area (Å²) in [4.78, 5) is 8.85. The zero-order valence-corrected chi connectivity index (χ0v) is 16.4. The van der Waals surface area contributed by atoms with Gasteiger partial charge in [-0.25, -0.2) is 4.99 Å². The van der Waals surface area contributed by atoms with E-state index in [4.69, 9.17) is 4.74 Å². The van der Waals surface area contributed by atoms with Gasteiger partial charge in [0.1, 0.15) is 6.10 Å². The predicted octanol–water partition coefficient (Wildman–Crippen LogP) is 3.63. The summed E-state index contributed by atoms with van der Waals surface area (Å²) in [5, 5.41) is 3.39. The van der Waals surface area contributed by atoms with Crippen LogP contribution in [0.15, 0.2) is 41.3 Å². The standard InChI is InChI=1S/C21H27F3N4O/c22-21(23,24)16-1-3-17(4-2-16)27-12-7-19(8-13-27)29-20-15-28(14-11-26-20)18-5-9-25-10-6-18/h1-4,11,15,18-19,25H,5-10,12-14H2. The number of nitrogens with one attached hydrogen (secondary N) is 1. The van der Waals surface area contributed by atoms with Gasteiger partial charge in [0, 0.05) is 43.9 Å². The molecule has 1 aromatic rings. The molecule has 2 fully saturated rings. The molecule has 0 amide bonds. The number of anilines is 1. The third-order valence-corrected chi connectivity index (χ3v) is 5.85. The average molecular weight is 408 g/mol. The molecule has 2 saturated heterocycles. The zero-order valence-electron chi connectivity index (χ0n) is 16.4. The number of benzene rings is 1. The Balaban J connectivity index is 1.29. The second kappa shape index (κ2) is 8.65. The molecule has 1 aromatic carbocycles. The Morgan fingerprint density at radius 1 is 1.00 bits per heavy atom. The van der Waals surface area contributed by atoms with Crippen molar-refractivity contribution in [2.24, 2.45) is 4.99 Å². The van der Waals surface area contributed by atoms with E-state index >= 15 is 0 Å². The van der Waals surface area contributed by atoms with E-state index < -0.39 is 11.7 Å². The number of hydrogen-bond acceptors (Lipinski definition) is 5. The summed E-state index contributed by atoms with van der Waals surface area (Å²) >= 11 is 0. The molecule has 0 radical (unpaired) electrons. The van der Waals surface area contributed by atoms with Gasteiger partial charge in [0.05, 0.1) is 18.3 Å². The molecule has 3 aliphatic heterocycles. The van der Waals surface area contributed by atoms with Crippen molar-refractivity contribution in [1.29, 1.82) is 0 Å². The van der Waals surface area contributed by atoms with Crippen LogP contribution in [0.25, 0.3) is 0 Å². The van der Waals surface area contributed by atoms with E-state index in [2.05, 4.69) is 20.1 Å². The van der Waals surface area contributed by atoms with E-state index in [1.54, 1.807) is 12.1 Å². The maximum atomic E-state index is 12.7. The van der Waals surface area contributed by atoms with Crippen molar-refractivity contribution in [1.82, 2.24) is 10.2 Å². The maximum absolute atomic E-state index is 12.7. The van der Waals surface area contributed by atoms with Crippen LogP contribution in [-0.2, 0) is 10.9 Å². The van der Waals surface area contributed by atoms with Crippen LogP contribution in [0.2, 0.25) is 0 Å². The summed E-state index contributed by atoms with van der Waals surface area (Å²) in [5.41, 5.74) is 0.211. The number of hydrogen-bond donors (Lipinski definition) is 1. The smallest absolute Gasteiger partial charge is 0.416 e. The molecule has 0 unspecified atom stereocenters. The van der Waals surface area contributed by atoms with Crippen LogP contribution in [0.1, 0.15) is 31.2 Å². The van der Waals surface area contributed by atoms with Gasteiger partial charge in [-0.1, -0.05) is 0 Å². The number of alkyl halides is 3.